The Morgan fingerprint density at radius 3 is 2.12 bits per heavy atom. The van der Waals surface area contributed by atoms with Crippen LogP contribution >= 0.6 is 0 Å². The summed E-state index contributed by atoms with van der Waals surface area (Å²) in [5, 5.41) is 0. The highest BCUT2D eigenvalue weighted by atomic mass is 16.5. The minimum Gasteiger partial charge on any atom is -0.385 e. The van der Waals surface area contributed by atoms with Gasteiger partial charge in [0.1, 0.15) is 0 Å². The lowest BCUT2D eigenvalue weighted by atomic mass is 9.90. The number of likely N-dealkylation sites (N-methyl/N-ethyl adjacent to an activating group) is 1. The van der Waals surface area contributed by atoms with E-state index >= 15 is 0 Å². The van der Waals surface area contributed by atoms with E-state index in [-0.39, 0.29) is 5.54 Å². The summed E-state index contributed by atoms with van der Waals surface area (Å²) in [6, 6.07) is 0. The van der Waals surface area contributed by atoms with Crippen molar-refractivity contribution >= 4 is 0 Å². The van der Waals surface area contributed by atoms with E-state index in [1.165, 1.54) is 6.42 Å². The molecule has 98 valence electrons. The molecule has 0 aliphatic heterocycles. The van der Waals surface area contributed by atoms with Crippen molar-refractivity contribution in [2.24, 2.45) is 5.73 Å². The lowest BCUT2D eigenvalue weighted by molar-refractivity contribution is 0.0851. The van der Waals surface area contributed by atoms with Gasteiger partial charge < -0.3 is 10.5 Å². The Kier molecular flexibility index (Phi) is 8.90. The number of ether oxygens (including phenoxy) is 1. The van der Waals surface area contributed by atoms with Crippen LogP contribution in [0.3, 0.4) is 0 Å². The van der Waals surface area contributed by atoms with Crippen LogP contribution in [-0.4, -0.2) is 43.8 Å². The summed E-state index contributed by atoms with van der Waals surface area (Å²) in [5.74, 6) is 0. The van der Waals surface area contributed by atoms with Gasteiger partial charge in [0, 0.05) is 25.8 Å². The van der Waals surface area contributed by atoms with Crippen LogP contribution in [0.4, 0.5) is 0 Å². The second-order valence-electron chi connectivity index (χ2n) is 4.42. The van der Waals surface area contributed by atoms with Gasteiger partial charge in [0.15, 0.2) is 0 Å². The van der Waals surface area contributed by atoms with E-state index in [1.807, 2.05) is 0 Å². The zero-order chi connectivity index (χ0) is 12.4. The summed E-state index contributed by atoms with van der Waals surface area (Å²) in [5.41, 5.74) is 6.18. The molecule has 0 bridgehead atoms. The third-order valence-electron chi connectivity index (χ3n) is 3.78. The SMILES string of the molecule is CCN(CCCCOC)C(CC)(CC)CN. The normalized spacial score (nSPS) is 12.4. The van der Waals surface area contributed by atoms with Gasteiger partial charge in [-0.2, -0.15) is 0 Å². The minimum absolute atomic E-state index is 0.210. The molecule has 3 heteroatoms. The number of unbranched alkanes of at least 4 members (excludes halogenated alkanes) is 1. The van der Waals surface area contributed by atoms with Crippen LogP contribution in [0.1, 0.15) is 46.5 Å². The molecule has 16 heavy (non-hydrogen) atoms. The number of rotatable bonds is 10. The standard InChI is InChI=1S/C13H30N2O/c1-5-13(6-2,12-14)15(7-3)10-8-9-11-16-4/h5-12,14H2,1-4H3. The average molecular weight is 230 g/mol. The van der Waals surface area contributed by atoms with Gasteiger partial charge in [-0.05, 0) is 38.8 Å². The zero-order valence-corrected chi connectivity index (χ0v) is 11.6. The van der Waals surface area contributed by atoms with Gasteiger partial charge in [0.05, 0.1) is 0 Å². The molecule has 0 saturated heterocycles. The maximum atomic E-state index is 5.97. The fourth-order valence-electron chi connectivity index (χ4n) is 2.39. The van der Waals surface area contributed by atoms with Crippen LogP contribution in [0.2, 0.25) is 0 Å². The van der Waals surface area contributed by atoms with E-state index in [9.17, 15) is 0 Å². The number of nitrogens with zero attached hydrogens (tertiary/aromatic N) is 1. The van der Waals surface area contributed by atoms with Crippen molar-refractivity contribution in [2.45, 2.75) is 52.0 Å². The van der Waals surface area contributed by atoms with Crippen molar-refractivity contribution in [3.05, 3.63) is 0 Å². The van der Waals surface area contributed by atoms with E-state index in [1.54, 1.807) is 7.11 Å². The summed E-state index contributed by atoms with van der Waals surface area (Å²) in [7, 11) is 1.76. The van der Waals surface area contributed by atoms with Gasteiger partial charge in [0.2, 0.25) is 0 Å². The second-order valence-corrected chi connectivity index (χ2v) is 4.42. The van der Waals surface area contributed by atoms with Gasteiger partial charge in [-0.3, -0.25) is 4.90 Å². The van der Waals surface area contributed by atoms with Crippen LogP contribution in [0.25, 0.3) is 0 Å². The Labute approximate surface area is 101 Å². The van der Waals surface area contributed by atoms with Crippen molar-refractivity contribution in [2.75, 3.05) is 33.4 Å². The molecule has 3 nitrogen and oxygen atoms in total. The molecule has 0 saturated carbocycles. The summed E-state index contributed by atoms with van der Waals surface area (Å²) in [6.45, 7) is 10.6. The van der Waals surface area contributed by atoms with Crippen molar-refractivity contribution in [3.8, 4) is 0 Å². The van der Waals surface area contributed by atoms with Crippen molar-refractivity contribution in [1.82, 2.24) is 4.90 Å². The predicted octanol–water partition coefficient (Wildman–Crippen LogP) is 2.25. The van der Waals surface area contributed by atoms with Gasteiger partial charge in [-0.15, -0.1) is 0 Å². The molecule has 0 amide bonds. The first-order valence-electron chi connectivity index (χ1n) is 6.64. The largest absolute Gasteiger partial charge is 0.385 e. The van der Waals surface area contributed by atoms with Gasteiger partial charge >= 0.3 is 0 Å². The molecule has 0 unspecified atom stereocenters. The van der Waals surface area contributed by atoms with E-state index < -0.39 is 0 Å². The first kappa shape index (κ1) is 15.9. The van der Waals surface area contributed by atoms with Crippen molar-refractivity contribution in [1.29, 1.82) is 0 Å². The number of nitrogens with two attached hydrogens (primary N) is 1. The van der Waals surface area contributed by atoms with Crippen molar-refractivity contribution in [3.63, 3.8) is 0 Å². The molecule has 0 heterocycles. The van der Waals surface area contributed by atoms with E-state index in [2.05, 4.69) is 25.7 Å². The maximum absolute atomic E-state index is 5.97. The summed E-state index contributed by atoms with van der Waals surface area (Å²) in [4.78, 5) is 2.54. The first-order valence-corrected chi connectivity index (χ1v) is 6.64. The van der Waals surface area contributed by atoms with Gasteiger partial charge in [-0.1, -0.05) is 20.8 Å². The average Bonchev–Trinajstić information content (AvgIpc) is 2.34. The monoisotopic (exact) mass is 230 g/mol. The Morgan fingerprint density at radius 1 is 1.12 bits per heavy atom. The number of hydrogen-bond donors (Lipinski definition) is 1. The Hall–Kier alpha value is -0.120. The molecule has 0 aliphatic rings. The molecule has 2 N–H and O–H groups in total. The highest BCUT2D eigenvalue weighted by Gasteiger charge is 2.30. The molecule has 0 fully saturated rings. The van der Waals surface area contributed by atoms with Crippen LogP contribution < -0.4 is 5.73 Å². The van der Waals surface area contributed by atoms with Crippen molar-refractivity contribution < 1.29 is 4.74 Å². The summed E-state index contributed by atoms with van der Waals surface area (Å²) < 4.78 is 5.08. The third-order valence-corrected chi connectivity index (χ3v) is 3.78. The molecular formula is C13H30N2O. The van der Waals surface area contributed by atoms with E-state index in [0.29, 0.717) is 0 Å². The van der Waals surface area contributed by atoms with Gasteiger partial charge in [0.25, 0.3) is 0 Å². The predicted molar refractivity (Wildman–Crippen MR) is 70.7 cm³/mol. The Morgan fingerprint density at radius 2 is 1.75 bits per heavy atom. The molecule has 0 spiro atoms. The number of methoxy groups -OCH3 is 1. The Balaban J connectivity index is 4.21. The molecule has 0 aromatic heterocycles. The lowest BCUT2D eigenvalue weighted by Crippen LogP contribution is -2.53. The summed E-state index contributed by atoms with van der Waals surface area (Å²) in [6.07, 6.45) is 4.61. The lowest BCUT2D eigenvalue weighted by Gasteiger charge is -2.42. The third kappa shape index (κ3) is 4.40. The topological polar surface area (TPSA) is 38.5 Å². The fraction of sp³-hybridized carbons (Fsp3) is 1.00. The van der Waals surface area contributed by atoms with Gasteiger partial charge in [-0.25, -0.2) is 0 Å². The molecule has 0 aromatic rings. The van der Waals surface area contributed by atoms with E-state index in [4.69, 9.17) is 10.5 Å². The highest BCUT2D eigenvalue weighted by Crippen LogP contribution is 2.23. The molecule has 0 atom stereocenters. The molecule has 0 aliphatic carbocycles. The fourth-order valence-corrected chi connectivity index (χ4v) is 2.39. The molecule has 0 aromatic carbocycles. The minimum atomic E-state index is 0.210. The van der Waals surface area contributed by atoms with Crippen LogP contribution in [0.5, 0.6) is 0 Å². The van der Waals surface area contributed by atoms with E-state index in [0.717, 1.165) is 45.5 Å². The highest BCUT2D eigenvalue weighted by molar-refractivity contribution is 4.88. The van der Waals surface area contributed by atoms with Crippen LogP contribution in [-0.2, 0) is 4.74 Å². The molecule has 0 rings (SSSR count). The maximum Gasteiger partial charge on any atom is 0.0462 e. The quantitative estimate of drug-likeness (QED) is 0.585. The second kappa shape index (κ2) is 8.97. The van der Waals surface area contributed by atoms with Crippen LogP contribution in [0.15, 0.2) is 0 Å². The smallest absolute Gasteiger partial charge is 0.0462 e. The molecule has 0 radical (unpaired) electrons. The zero-order valence-electron chi connectivity index (χ0n) is 11.6. The number of hydrogen-bond acceptors (Lipinski definition) is 3. The summed E-state index contributed by atoms with van der Waals surface area (Å²) >= 11 is 0. The van der Waals surface area contributed by atoms with Crippen LogP contribution in [0, 0.1) is 0 Å². The Bertz CT molecular complexity index is 150. The first-order chi connectivity index (χ1) is 7.70. The molecular weight excluding hydrogens is 200 g/mol.